The number of nitrogens with one attached hydrogen (secondary N) is 1. The Labute approximate surface area is 223 Å². The zero-order valence-electron chi connectivity index (χ0n) is 21.4. The van der Waals surface area contributed by atoms with Crippen molar-refractivity contribution in [2.75, 3.05) is 24.7 Å². The number of rotatable bonds is 7. The van der Waals surface area contributed by atoms with Gasteiger partial charge >= 0.3 is 5.97 Å². The topological polar surface area (TPSA) is 114 Å². The van der Waals surface area contributed by atoms with E-state index in [2.05, 4.69) is 5.32 Å². The fourth-order valence-corrected chi connectivity index (χ4v) is 6.83. The first-order valence-corrected chi connectivity index (χ1v) is 14.2. The molecule has 200 valence electrons. The SMILES string of the molecule is CC[C@@]1(O)C(=O)OCc2c1cc1n(c2=O)Cc2c-1nc1cc(F)c(C)c3c1c2[C@@H](NCCSCCO)CC3. The van der Waals surface area contributed by atoms with Crippen molar-refractivity contribution in [2.24, 2.45) is 0 Å². The van der Waals surface area contributed by atoms with E-state index in [1.807, 2.05) is 0 Å². The van der Waals surface area contributed by atoms with Crippen LogP contribution in [0.1, 0.15) is 59.2 Å². The zero-order valence-corrected chi connectivity index (χ0v) is 22.2. The summed E-state index contributed by atoms with van der Waals surface area (Å²) < 4.78 is 21.8. The second-order valence-electron chi connectivity index (χ2n) is 10.2. The van der Waals surface area contributed by atoms with Crippen molar-refractivity contribution >= 4 is 28.6 Å². The predicted molar refractivity (Wildman–Crippen MR) is 143 cm³/mol. The number of esters is 1. The van der Waals surface area contributed by atoms with E-state index in [0.717, 1.165) is 47.2 Å². The molecule has 0 radical (unpaired) electrons. The number of pyridine rings is 2. The predicted octanol–water partition coefficient (Wildman–Crippen LogP) is 2.83. The Hall–Kier alpha value is -2.79. The summed E-state index contributed by atoms with van der Waals surface area (Å²) >= 11 is 1.67. The highest BCUT2D eigenvalue weighted by Crippen LogP contribution is 2.45. The normalized spacial score (nSPS) is 21.3. The van der Waals surface area contributed by atoms with Gasteiger partial charge in [0.05, 0.1) is 35.6 Å². The van der Waals surface area contributed by atoms with Crippen molar-refractivity contribution in [1.29, 1.82) is 0 Å². The molecule has 3 N–H and O–H groups in total. The summed E-state index contributed by atoms with van der Waals surface area (Å²) in [6.07, 6.45) is 1.57. The number of aliphatic hydroxyl groups excluding tert-OH is 1. The van der Waals surface area contributed by atoms with Crippen LogP contribution < -0.4 is 10.9 Å². The second kappa shape index (κ2) is 9.44. The number of carbonyl (C=O) groups is 1. The van der Waals surface area contributed by atoms with Crippen LogP contribution in [0.15, 0.2) is 16.9 Å². The minimum Gasteiger partial charge on any atom is -0.458 e. The quantitative estimate of drug-likeness (QED) is 0.243. The number of cyclic esters (lactones) is 1. The minimum atomic E-state index is -1.90. The molecule has 0 fully saturated rings. The molecule has 0 saturated heterocycles. The van der Waals surface area contributed by atoms with E-state index in [4.69, 9.17) is 14.8 Å². The number of hydrogen-bond donors (Lipinski definition) is 3. The van der Waals surface area contributed by atoms with Gasteiger partial charge in [-0.2, -0.15) is 11.8 Å². The van der Waals surface area contributed by atoms with E-state index >= 15 is 0 Å². The smallest absolute Gasteiger partial charge is 0.343 e. The monoisotopic (exact) mass is 539 g/mol. The molecule has 0 amide bonds. The van der Waals surface area contributed by atoms with Gasteiger partial charge in [-0.15, -0.1) is 0 Å². The molecule has 3 aromatic rings. The first-order valence-electron chi connectivity index (χ1n) is 13.0. The molecule has 0 spiro atoms. The number of aliphatic hydroxyl groups is 2. The summed E-state index contributed by atoms with van der Waals surface area (Å²) in [5, 5.41) is 24.9. The molecule has 4 heterocycles. The van der Waals surface area contributed by atoms with Gasteiger partial charge in [-0.1, -0.05) is 6.92 Å². The van der Waals surface area contributed by atoms with Crippen LogP contribution in [0, 0.1) is 12.7 Å². The van der Waals surface area contributed by atoms with Crippen LogP contribution in [0.4, 0.5) is 4.39 Å². The largest absolute Gasteiger partial charge is 0.458 e. The number of nitrogens with zero attached hydrogens (tertiary/aromatic N) is 2. The van der Waals surface area contributed by atoms with Gasteiger partial charge in [-0.05, 0) is 48.9 Å². The van der Waals surface area contributed by atoms with Gasteiger partial charge in [0, 0.05) is 46.7 Å². The molecule has 2 aliphatic heterocycles. The number of aryl methyl sites for hydroxylation is 1. The molecule has 0 saturated carbocycles. The Morgan fingerprint density at radius 2 is 2.08 bits per heavy atom. The summed E-state index contributed by atoms with van der Waals surface area (Å²) in [5.74, 6) is 0.462. The van der Waals surface area contributed by atoms with E-state index in [-0.39, 0.29) is 48.2 Å². The summed E-state index contributed by atoms with van der Waals surface area (Å²) in [7, 11) is 0. The first-order chi connectivity index (χ1) is 18.3. The molecular weight excluding hydrogens is 509 g/mol. The third kappa shape index (κ3) is 3.65. The fourth-order valence-electron chi connectivity index (χ4n) is 6.23. The van der Waals surface area contributed by atoms with Crippen molar-refractivity contribution < 1.29 is 24.1 Å². The first kappa shape index (κ1) is 25.5. The second-order valence-corrected chi connectivity index (χ2v) is 11.4. The number of ether oxygens (including phenoxy) is 1. The molecular formula is C28H30FN3O5S. The summed E-state index contributed by atoms with van der Waals surface area (Å²) in [6.45, 7) is 4.49. The van der Waals surface area contributed by atoms with Crippen molar-refractivity contribution in [1.82, 2.24) is 14.9 Å². The molecule has 0 bridgehead atoms. The number of aromatic nitrogens is 2. The maximum Gasteiger partial charge on any atom is 0.343 e. The van der Waals surface area contributed by atoms with Crippen LogP contribution in [-0.4, -0.2) is 50.4 Å². The lowest BCUT2D eigenvalue weighted by atomic mass is 9.81. The summed E-state index contributed by atoms with van der Waals surface area (Å²) in [4.78, 5) is 31.0. The zero-order chi connectivity index (χ0) is 26.8. The molecule has 2 atom stereocenters. The van der Waals surface area contributed by atoms with Gasteiger partial charge in [-0.3, -0.25) is 4.79 Å². The van der Waals surface area contributed by atoms with E-state index in [0.29, 0.717) is 34.8 Å². The third-order valence-corrected chi connectivity index (χ3v) is 9.21. The number of carbonyl (C=O) groups excluding carboxylic acids is 1. The highest BCUT2D eigenvalue weighted by Gasteiger charge is 2.45. The Bertz CT molecular complexity index is 1550. The summed E-state index contributed by atoms with van der Waals surface area (Å²) in [6, 6.07) is 3.16. The number of halogens is 1. The van der Waals surface area contributed by atoms with E-state index in [1.54, 1.807) is 36.2 Å². The average molecular weight is 540 g/mol. The Morgan fingerprint density at radius 3 is 2.84 bits per heavy atom. The Morgan fingerprint density at radius 1 is 1.26 bits per heavy atom. The van der Waals surface area contributed by atoms with Gasteiger partial charge in [0.15, 0.2) is 5.60 Å². The lowest BCUT2D eigenvalue weighted by molar-refractivity contribution is -0.172. The van der Waals surface area contributed by atoms with Crippen molar-refractivity contribution in [3.05, 3.63) is 61.7 Å². The molecule has 1 aliphatic carbocycles. The molecule has 10 heteroatoms. The summed E-state index contributed by atoms with van der Waals surface area (Å²) in [5.41, 5.74) is 3.53. The van der Waals surface area contributed by atoms with Crippen LogP contribution in [-0.2, 0) is 34.7 Å². The van der Waals surface area contributed by atoms with Crippen molar-refractivity contribution in [3.63, 3.8) is 0 Å². The molecule has 38 heavy (non-hydrogen) atoms. The Balaban J connectivity index is 1.55. The van der Waals surface area contributed by atoms with Gasteiger partial charge in [0.25, 0.3) is 5.56 Å². The van der Waals surface area contributed by atoms with Crippen molar-refractivity contribution in [2.45, 2.75) is 57.9 Å². The van der Waals surface area contributed by atoms with Crippen molar-refractivity contribution in [3.8, 4) is 11.4 Å². The molecule has 3 aliphatic rings. The van der Waals surface area contributed by atoms with E-state index in [9.17, 15) is 19.1 Å². The van der Waals surface area contributed by atoms with E-state index < -0.39 is 11.6 Å². The average Bonchev–Trinajstić information content (AvgIpc) is 3.28. The van der Waals surface area contributed by atoms with Crippen LogP contribution in [0.2, 0.25) is 0 Å². The molecule has 2 aromatic heterocycles. The molecule has 8 nitrogen and oxygen atoms in total. The third-order valence-electron chi connectivity index (χ3n) is 8.25. The van der Waals surface area contributed by atoms with Gasteiger partial charge in [0.1, 0.15) is 12.4 Å². The molecule has 1 aromatic carbocycles. The van der Waals surface area contributed by atoms with Crippen LogP contribution in [0.25, 0.3) is 22.3 Å². The lowest BCUT2D eigenvalue weighted by Gasteiger charge is -2.31. The highest BCUT2D eigenvalue weighted by atomic mass is 32.2. The standard InChI is InChI=1S/C28H30FN3O5S/c1-3-28(36)18-10-22-25-16(12-32(22)26(34)17(18)13-37-27(28)35)24-20(30-6-8-38-9-7-33)5-4-15-14(2)19(29)11-21(31-25)23(15)24/h10-11,20,30,33,36H,3-9,12-13H2,1-2H3/t20-,28-/m0/s1. The van der Waals surface area contributed by atoms with Gasteiger partial charge in [-0.25, -0.2) is 14.2 Å². The maximum atomic E-state index is 15.0. The number of fused-ring (bicyclic) bond motifs is 5. The van der Waals surface area contributed by atoms with Gasteiger partial charge < -0.3 is 24.8 Å². The lowest BCUT2D eigenvalue weighted by Crippen LogP contribution is -2.44. The maximum absolute atomic E-state index is 15.0. The van der Waals surface area contributed by atoms with Gasteiger partial charge in [0.2, 0.25) is 0 Å². The van der Waals surface area contributed by atoms with Crippen LogP contribution >= 0.6 is 11.8 Å². The molecule has 6 rings (SSSR count). The number of thioether (sulfide) groups is 1. The fraction of sp³-hybridized carbons (Fsp3) is 0.464. The number of benzene rings is 1. The Kier molecular flexibility index (Phi) is 6.33. The number of hydrogen-bond acceptors (Lipinski definition) is 8. The van der Waals surface area contributed by atoms with Crippen LogP contribution in [0.3, 0.4) is 0 Å². The highest BCUT2D eigenvalue weighted by molar-refractivity contribution is 7.99. The molecule has 0 unspecified atom stereocenters. The van der Waals surface area contributed by atoms with Crippen LogP contribution in [0.5, 0.6) is 0 Å². The van der Waals surface area contributed by atoms with E-state index in [1.165, 1.54) is 6.07 Å². The minimum absolute atomic E-state index is 0.00142.